The van der Waals surface area contributed by atoms with Gasteiger partial charge in [-0.05, 0) is 43.4 Å². The summed E-state index contributed by atoms with van der Waals surface area (Å²) in [5, 5.41) is 16.3. The lowest BCUT2D eigenvalue weighted by molar-refractivity contribution is -0.383. The van der Waals surface area contributed by atoms with Crippen molar-refractivity contribution in [1.82, 2.24) is 19.0 Å². The molecule has 1 fully saturated rings. The maximum absolute atomic E-state index is 12.7. The number of aromatic nitrogens is 2. The summed E-state index contributed by atoms with van der Waals surface area (Å²) in [5.41, 5.74) is 0.623. The van der Waals surface area contributed by atoms with Crippen LogP contribution in [0.4, 0.5) is 5.69 Å². The fourth-order valence-electron chi connectivity index (χ4n) is 3.38. The first-order chi connectivity index (χ1) is 13.1. The van der Waals surface area contributed by atoms with E-state index >= 15 is 0 Å². The van der Waals surface area contributed by atoms with Crippen LogP contribution in [0.1, 0.15) is 34.1 Å². The first kappa shape index (κ1) is 18.0. The van der Waals surface area contributed by atoms with Crippen molar-refractivity contribution in [1.29, 1.82) is 0 Å². The second kappa shape index (κ2) is 7.67. The summed E-state index contributed by atoms with van der Waals surface area (Å²) < 4.78 is 8.00. The fraction of sp³-hybridized carbons (Fsp3) is 0.353. The Labute approximate surface area is 163 Å². The van der Waals surface area contributed by atoms with Gasteiger partial charge < -0.3 is 5.32 Å². The van der Waals surface area contributed by atoms with Crippen LogP contribution in [0, 0.1) is 10.1 Å². The molecule has 1 atom stereocenters. The minimum absolute atomic E-state index is 0.121. The van der Waals surface area contributed by atoms with E-state index in [0.29, 0.717) is 12.1 Å². The molecule has 3 aromatic rings. The number of nitro benzene ring substituents is 1. The number of thiophene rings is 1. The molecule has 10 heteroatoms. The summed E-state index contributed by atoms with van der Waals surface area (Å²) in [4.78, 5) is 27.0. The van der Waals surface area contributed by atoms with Gasteiger partial charge in [-0.15, -0.1) is 11.3 Å². The second-order valence-electron chi connectivity index (χ2n) is 6.37. The van der Waals surface area contributed by atoms with Gasteiger partial charge in [0.1, 0.15) is 5.52 Å². The molecule has 1 amide bonds. The molecule has 0 aliphatic carbocycles. The van der Waals surface area contributed by atoms with Crippen LogP contribution in [-0.2, 0) is 0 Å². The number of nitrogens with one attached hydrogen (secondary N) is 1. The highest BCUT2D eigenvalue weighted by atomic mass is 32.1. The van der Waals surface area contributed by atoms with Crippen molar-refractivity contribution in [2.24, 2.45) is 0 Å². The molecule has 0 saturated carbocycles. The van der Waals surface area contributed by atoms with E-state index in [1.165, 1.54) is 10.9 Å². The SMILES string of the molecule is O=C(NCC(c1cccs1)N1CCCC1)c1cc([N+](=O)[O-])c2nsnc2c1. The lowest BCUT2D eigenvalue weighted by atomic mass is 10.1. The zero-order valence-electron chi connectivity index (χ0n) is 14.3. The summed E-state index contributed by atoms with van der Waals surface area (Å²) in [5.74, 6) is -0.339. The Bertz CT molecular complexity index is 966. The highest BCUT2D eigenvalue weighted by molar-refractivity contribution is 7.10. The first-order valence-electron chi connectivity index (χ1n) is 8.60. The molecular weight excluding hydrogens is 386 g/mol. The summed E-state index contributed by atoms with van der Waals surface area (Å²) in [7, 11) is 0. The third kappa shape index (κ3) is 3.68. The van der Waals surface area contributed by atoms with Crippen molar-refractivity contribution in [3.05, 3.63) is 50.2 Å². The average Bonchev–Trinajstić information content (AvgIpc) is 3.42. The number of carbonyl (C=O) groups is 1. The van der Waals surface area contributed by atoms with E-state index in [4.69, 9.17) is 0 Å². The van der Waals surface area contributed by atoms with Crippen molar-refractivity contribution in [2.75, 3.05) is 19.6 Å². The molecule has 1 unspecified atom stereocenters. The standard InChI is InChI=1S/C17H17N5O3S2/c23-17(11-8-12-16(20-27-19-12)13(9-11)22(24)25)18-10-14(15-4-3-7-26-15)21-5-1-2-6-21/h3-4,7-9,14H,1-2,5-6,10H2,(H,18,23). The van der Waals surface area contributed by atoms with Gasteiger partial charge in [-0.25, -0.2) is 0 Å². The predicted molar refractivity (Wildman–Crippen MR) is 104 cm³/mol. The maximum Gasteiger partial charge on any atom is 0.299 e. The van der Waals surface area contributed by atoms with E-state index in [-0.39, 0.29) is 28.7 Å². The van der Waals surface area contributed by atoms with Crippen LogP contribution in [-0.4, -0.2) is 44.1 Å². The molecule has 4 rings (SSSR count). The number of benzene rings is 1. The van der Waals surface area contributed by atoms with Crippen molar-refractivity contribution in [3.8, 4) is 0 Å². The van der Waals surface area contributed by atoms with Gasteiger partial charge in [0.15, 0.2) is 5.52 Å². The number of carbonyl (C=O) groups excluding carboxylic acids is 1. The van der Waals surface area contributed by atoms with E-state index in [1.54, 1.807) is 17.4 Å². The highest BCUT2D eigenvalue weighted by Gasteiger charge is 2.26. The Morgan fingerprint density at radius 2 is 2.15 bits per heavy atom. The Morgan fingerprint density at radius 1 is 1.33 bits per heavy atom. The summed E-state index contributed by atoms with van der Waals surface area (Å²) in [6.07, 6.45) is 2.32. The van der Waals surface area contributed by atoms with E-state index in [1.807, 2.05) is 11.4 Å². The number of likely N-dealkylation sites (tertiary alicyclic amines) is 1. The number of nitrogens with zero attached hydrogens (tertiary/aromatic N) is 4. The number of hydrogen-bond donors (Lipinski definition) is 1. The van der Waals surface area contributed by atoms with Gasteiger partial charge in [-0.2, -0.15) is 8.75 Å². The zero-order valence-corrected chi connectivity index (χ0v) is 16.0. The van der Waals surface area contributed by atoms with Gasteiger partial charge in [0.2, 0.25) is 0 Å². The lowest BCUT2D eigenvalue weighted by Crippen LogP contribution is -2.36. The van der Waals surface area contributed by atoms with Gasteiger partial charge in [-0.3, -0.25) is 19.8 Å². The highest BCUT2D eigenvalue weighted by Crippen LogP contribution is 2.29. The van der Waals surface area contributed by atoms with E-state index < -0.39 is 4.92 Å². The van der Waals surface area contributed by atoms with Crippen LogP contribution in [0.15, 0.2) is 29.6 Å². The summed E-state index contributed by atoms with van der Waals surface area (Å²) in [6.45, 7) is 2.49. The van der Waals surface area contributed by atoms with Crippen molar-refractivity contribution >= 4 is 45.7 Å². The molecule has 140 valence electrons. The number of fused-ring (bicyclic) bond motifs is 1. The van der Waals surface area contributed by atoms with Crippen LogP contribution in [0.2, 0.25) is 0 Å². The molecule has 1 saturated heterocycles. The Hall–Kier alpha value is -2.43. The quantitative estimate of drug-likeness (QED) is 0.501. The third-order valence-electron chi connectivity index (χ3n) is 4.71. The summed E-state index contributed by atoms with van der Waals surface area (Å²) in [6, 6.07) is 7.04. The van der Waals surface area contributed by atoms with Crippen LogP contribution < -0.4 is 5.32 Å². The van der Waals surface area contributed by atoms with Gasteiger partial charge >= 0.3 is 0 Å². The molecule has 0 bridgehead atoms. The van der Waals surface area contributed by atoms with Crippen molar-refractivity contribution < 1.29 is 9.72 Å². The van der Waals surface area contributed by atoms with Gasteiger partial charge in [0, 0.05) is 23.1 Å². The third-order valence-corrected chi connectivity index (χ3v) is 6.22. The van der Waals surface area contributed by atoms with E-state index in [9.17, 15) is 14.9 Å². The first-order valence-corrected chi connectivity index (χ1v) is 10.2. The maximum atomic E-state index is 12.7. The molecule has 1 N–H and O–H groups in total. The van der Waals surface area contributed by atoms with Crippen LogP contribution >= 0.6 is 23.1 Å². The molecule has 1 aromatic carbocycles. The van der Waals surface area contributed by atoms with E-state index in [2.05, 4.69) is 25.0 Å². The smallest absolute Gasteiger partial charge is 0.299 e. The number of nitro groups is 1. The molecule has 3 heterocycles. The fourth-order valence-corrected chi connectivity index (χ4v) is 4.78. The number of amides is 1. The number of non-ortho nitro benzene ring substituents is 1. The minimum Gasteiger partial charge on any atom is -0.350 e. The normalized spacial score (nSPS) is 15.9. The van der Waals surface area contributed by atoms with Gasteiger partial charge in [0.25, 0.3) is 11.6 Å². The Kier molecular flexibility index (Phi) is 5.10. The molecule has 1 aliphatic rings. The average molecular weight is 403 g/mol. The number of rotatable bonds is 6. The van der Waals surface area contributed by atoms with Crippen LogP contribution in [0.25, 0.3) is 11.0 Å². The Morgan fingerprint density at radius 3 is 2.85 bits per heavy atom. The van der Waals surface area contributed by atoms with Crippen LogP contribution in [0.3, 0.4) is 0 Å². The predicted octanol–water partition coefficient (Wildman–Crippen LogP) is 3.23. The second-order valence-corrected chi connectivity index (χ2v) is 7.88. The minimum atomic E-state index is -0.529. The van der Waals surface area contributed by atoms with Gasteiger partial charge in [-0.1, -0.05) is 6.07 Å². The van der Waals surface area contributed by atoms with Gasteiger partial charge in [0.05, 0.1) is 22.7 Å². The molecule has 2 aromatic heterocycles. The molecule has 27 heavy (non-hydrogen) atoms. The molecular formula is C17H17N5O3S2. The Balaban J connectivity index is 1.54. The largest absolute Gasteiger partial charge is 0.350 e. The van der Waals surface area contributed by atoms with Crippen molar-refractivity contribution in [3.63, 3.8) is 0 Å². The monoisotopic (exact) mass is 403 g/mol. The van der Waals surface area contributed by atoms with Crippen LogP contribution in [0.5, 0.6) is 0 Å². The topological polar surface area (TPSA) is 101 Å². The van der Waals surface area contributed by atoms with Crippen molar-refractivity contribution in [2.45, 2.75) is 18.9 Å². The molecule has 8 nitrogen and oxygen atoms in total. The molecule has 0 radical (unpaired) electrons. The number of hydrogen-bond acceptors (Lipinski definition) is 8. The van der Waals surface area contributed by atoms with E-state index in [0.717, 1.165) is 37.7 Å². The summed E-state index contributed by atoms with van der Waals surface area (Å²) >= 11 is 2.57. The zero-order chi connectivity index (χ0) is 18.8. The molecule has 1 aliphatic heterocycles. The molecule has 0 spiro atoms. The lowest BCUT2D eigenvalue weighted by Gasteiger charge is -2.26.